The molecule has 0 aromatic heterocycles. The minimum atomic E-state index is -1.57. The Kier molecular flexibility index (Phi) is 9.67. The number of fused-ring (bicyclic) bond motifs is 2. The average Bonchev–Trinajstić information content (AvgIpc) is 3.72. The lowest BCUT2D eigenvalue weighted by atomic mass is 9.74. The Labute approximate surface area is 302 Å². The van der Waals surface area contributed by atoms with Crippen molar-refractivity contribution < 1.29 is 33.8 Å². The molecule has 0 saturated carbocycles. The van der Waals surface area contributed by atoms with E-state index in [4.69, 9.17) is 21.1 Å². The molecule has 3 amide bonds. The molecule has 7 rings (SSSR count). The molecule has 4 heterocycles. The van der Waals surface area contributed by atoms with Crippen LogP contribution < -0.4 is 10.2 Å². The van der Waals surface area contributed by atoms with Crippen LogP contribution in [0.2, 0.25) is 5.02 Å². The fraction of sp³-hybridized carbons (Fsp3) is 0.316. The van der Waals surface area contributed by atoms with Gasteiger partial charge in [0.2, 0.25) is 11.8 Å². The molecule has 50 heavy (non-hydrogen) atoms. The Hall–Kier alpha value is -4.29. The molecule has 0 aliphatic carbocycles. The van der Waals surface area contributed by atoms with Crippen LogP contribution in [0.4, 0.5) is 5.69 Å². The standard InChI is InChI=1S/C38H35BrClN3O7/c39-27-20-38-32-31(33(27)50-38)37(48)49-29(24-12-6-2-7-13-24)21-41-30(45)14-8-3-9-19-42(26-17-15-25(40)16-18-26)36(47)34(38)43(35(32)46)28(22-44)23-10-4-1-5-11-23/h1-7,9-13,15-18,20,28-29,31-34,44H,8,14,19,21-22H2,(H,41,45)/b9-3-/t28-,29+,31+,32-,33+,34+,38-/m1/s1. The number of halogens is 2. The van der Waals surface area contributed by atoms with Gasteiger partial charge in [0.1, 0.15) is 29.8 Å². The summed E-state index contributed by atoms with van der Waals surface area (Å²) >= 11 is 9.82. The number of nitrogens with zero attached hydrogens (tertiary/aromatic N) is 2. The number of allylic oxidation sites excluding steroid dienone is 1. The molecule has 0 radical (unpaired) electrons. The highest BCUT2D eigenvalue weighted by Gasteiger charge is 2.75. The number of rotatable bonds is 5. The van der Waals surface area contributed by atoms with Crippen LogP contribution in [-0.2, 0) is 28.7 Å². The molecule has 0 unspecified atom stereocenters. The van der Waals surface area contributed by atoms with Crippen molar-refractivity contribution in [2.45, 2.75) is 42.7 Å². The largest absolute Gasteiger partial charge is 0.455 e. The van der Waals surface area contributed by atoms with Crippen molar-refractivity contribution in [3.8, 4) is 0 Å². The zero-order valence-corrected chi connectivity index (χ0v) is 29.2. The van der Waals surface area contributed by atoms with Crippen LogP contribution in [0, 0.1) is 11.8 Å². The van der Waals surface area contributed by atoms with E-state index in [0.29, 0.717) is 32.7 Å². The molecule has 4 aliphatic heterocycles. The predicted molar refractivity (Wildman–Crippen MR) is 189 cm³/mol. The number of ether oxygens (including phenoxy) is 2. The van der Waals surface area contributed by atoms with Gasteiger partial charge >= 0.3 is 5.97 Å². The van der Waals surface area contributed by atoms with E-state index in [1.165, 1.54) is 9.80 Å². The predicted octanol–water partition coefficient (Wildman–Crippen LogP) is 5.03. The first-order valence-corrected chi connectivity index (χ1v) is 17.7. The highest BCUT2D eigenvalue weighted by atomic mass is 79.9. The summed E-state index contributed by atoms with van der Waals surface area (Å²) < 4.78 is 13.3. The maximum Gasteiger partial charge on any atom is 0.313 e. The number of anilines is 1. The lowest BCUT2D eigenvalue weighted by Crippen LogP contribution is -2.57. The Morgan fingerprint density at radius 2 is 1.64 bits per heavy atom. The Balaban J connectivity index is 1.38. The van der Waals surface area contributed by atoms with Crippen molar-refractivity contribution in [3.63, 3.8) is 0 Å². The second-order valence-corrected chi connectivity index (χ2v) is 14.1. The minimum absolute atomic E-state index is 0.0233. The van der Waals surface area contributed by atoms with Crippen LogP contribution in [-0.4, -0.2) is 71.1 Å². The van der Waals surface area contributed by atoms with Gasteiger partial charge in [-0.2, -0.15) is 0 Å². The summed E-state index contributed by atoms with van der Waals surface area (Å²) in [5, 5.41) is 14.2. The van der Waals surface area contributed by atoms with E-state index in [1.807, 2.05) is 30.3 Å². The van der Waals surface area contributed by atoms with Crippen molar-refractivity contribution in [1.82, 2.24) is 10.2 Å². The van der Waals surface area contributed by atoms with Crippen LogP contribution in [0.25, 0.3) is 0 Å². The molecule has 3 aromatic rings. The van der Waals surface area contributed by atoms with E-state index < -0.39 is 66.1 Å². The molecule has 2 N–H and O–H groups in total. The summed E-state index contributed by atoms with van der Waals surface area (Å²) in [4.78, 5) is 60.2. The fourth-order valence-electron chi connectivity index (χ4n) is 7.58. The monoisotopic (exact) mass is 759 g/mol. The number of cyclic esters (lactones) is 1. The first-order valence-electron chi connectivity index (χ1n) is 16.5. The van der Waals surface area contributed by atoms with E-state index in [1.54, 1.807) is 72.8 Å². The van der Waals surface area contributed by atoms with Crippen molar-refractivity contribution in [2.75, 3.05) is 24.6 Å². The number of aliphatic hydroxyl groups is 1. The van der Waals surface area contributed by atoms with E-state index in [-0.39, 0.29) is 25.4 Å². The van der Waals surface area contributed by atoms with E-state index in [0.717, 1.165) is 0 Å². The second kappa shape index (κ2) is 14.1. The number of benzene rings is 3. The molecule has 5 bridgehead atoms. The summed E-state index contributed by atoms with van der Waals surface area (Å²) in [6.45, 7) is -0.357. The summed E-state index contributed by atoms with van der Waals surface area (Å²) in [6, 6.07) is 22.6. The molecule has 10 nitrogen and oxygen atoms in total. The van der Waals surface area contributed by atoms with Gasteiger partial charge in [-0.1, -0.05) is 100 Å². The number of amides is 3. The number of aliphatic hydroxyl groups excluding tert-OH is 1. The Morgan fingerprint density at radius 1 is 0.940 bits per heavy atom. The quantitative estimate of drug-likeness (QED) is 0.276. The van der Waals surface area contributed by atoms with Gasteiger partial charge in [0.15, 0.2) is 0 Å². The van der Waals surface area contributed by atoms with Crippen molar-refractivity contribution in [1.29, 1.82) is 0 Å². The van der Waals surface area contributed by atoms with E-state index in [2.05, 4.69) is 21.2 Å². The molecule has 2 saturated heterocycles. The minimum Gasteiger partial charge on any atom is -0.455 e. The van der Waals surface area contributed by atoms with Crippen LogP contribution in [0.15, 0.2) is 108 Å². The third-order valence-electron chi connectivity index (χ3n) is 9.87. The maximum absolute atomic E-state index is 15.2. The van der Waals surface area contributed by atoms with Gasteiger partial charge < -0.3 is 29.7 Å². The van der Waals surface area contributed by atoms with E-state index in [9.17, 15) is 19.5 Å². The number of esters is 1. The van der Waals surface area contributed by atoms with Crippen LogP contribution in [0.3, 0.4) is 0 Å². The lowest BCUT2D eigenvalue weighted by molar-refractivity contribution is -0.160. The highest BCUT2D eigenvalue weighted by Crippen LogP contribution is 2.60. The van der Waals surface area contributed by atoms with Crippen molar-refractivity contribution >= 4 is 56.9 Å². The summed E-state index contributed by atoms with van der Waals surface area (Å²) in [6.07, 6.45) is 4.19. The molecule has 4 aliphatic rings. The molecule has 258 valence electrons. The first-order chi connectivity index (χ1) is 24.2. The zero-order chi connectivity index (χ0) is 35.0. The molecule has 1 spiro atoms. The molecule has 12 heteroatoms. The van der Waals surface area contributed by atoms with Gasteiger partial charge in [0.05, 0.1) is 25.1 Å². The smallest absolute Gasteiger partial charge is 0.313 e. The Morgan fingerprint density at radius 3 is 2.34 bits per heavy atom. The van der Waals surface area contributed by atoms with Gasteiger partial charge in [-0.25, -0.2) is 0 Å². The Bertz CT molecular complexity index is 1840. The number of carbonyl (C=O) groups is 4. The lowest BCUT2D eigenvalue weighted by Gasteiger charge is -2.38. The molecule has 3 aromatic carbocycles. The van der Waals surface area contributed by atoms with E-state index >= 15 is 4.79 Å². The third-order valence-corrected chi connectivity index (χ3v) is 10.8. The van der Waals surface area contributed by atoms with Gasteiger partial charge in [0.25, 0.3) is 5.91 Å². The molecular weight excluding hydrogens is 726 g/mol. The second-order valence-electron chi connectivity index (χ2n) is 12.8. The topological polar surface area (TPSA) is 125 Å². The molecule has 7 atom stereocenters. The number of nitrogens with one attached hydrogen (secondary N) is 1. The first kappa shape index (κ1) is 34.2. The van der Waals surface area contributed by atoms with Crippen molar-refractivity contribution in [2.24, 2.45) is 11.8 Å². The zero-order valence-electron chi connectivity index (χ0n) is 26.9. The van der Waals surface area contributed by atoms with Gasteiger partial charge in [-0.05, 0) is 47.9 Å². The number of hydrogen-bond acceptors (Lipinski definition) is 7. The van der Waals surface area contributed by atoms with Crippen LogP contribution >= 0.6 is 27.5 Å². The van der Waals surface area contributed by atoms with Crippen LogP contribution in [0.5, 0.6) is 0 Å². The van der Waals surface area contributed by atoms with Gasteiger partial charge in [-0.3, -0.25) is 19.2 Å². The maximum atomic E-state index is 15.2. The fourth-order valence-corrected chi connectivity index (χ4v) is 8.45. The number of likely N-dealkylation sites (tertiary alicyclic amines) is 1. The van der Waals surface area contributed by atoms with Crippen molar-refractivity contribution in [3.05, 3.63) is 124 Å². The SMILES string of the molecule is O=C1CC/C=C\CN(c2ccc(Cl)cc2)C(=O)[C@@H]2N([C@H](CO)c3ccccc3)C(=O)[C@H]3[C@H](C(=O)O[C@H](c4ccccc4)CN1)[C@H]1O[C@@]23C=C1Br. The normalized spacial score (nSPS) is 29.7. The third kappa shape index (κ3) is 6.06. The molecular formula is C38H35BrClN3O7. The van der Waals surface area contributed by atoms with Crippen LogP contribution in [0.1, 0.15) is 36.1 Å². The summed E-state index contributed by atoms with van der Waals surface area (Å²) in [7, 11) is 0. The van der Waals surface area contributed by atoms with Gasteiger partial charge in [-0.15, -0.1) is 0 Å². The number of hydrogen-bond donors (Lipinski definition) is 2. The summed E-state index contributed by atoms with van der Waals surface area (Å²) in [5.41, 5.74) is 0.240. The number of carbonyl (C=O) groups excluding carboxylic acids is 4. The summed E-state index contributed by atoms with van der Waals surface area (Å²) in [5.74, 6) is -4.18. The van der Waals surface area contributed by atoms with Gasteiger partial charge in [0, 0.05) is 28.2 Å². The molecule has 2 fully saturated rings. The highest BCUT2D eigenvalue weighted by molar-refractivity contribution is 9.11. The average molecular weight is 761 g/mol.